The highest BCUT2D eigenvalue weighted by atomic mass is 35.5. The quantitative estimate of drug-likeness (QED) is 0.371. The van der Waals surface area contributed by atoms with Gasteiger partial charge in [-0.25, -0.2) is 9.59 Å². The molecule has 1 aromatic carbocycles. The van der Waals surface area contributed by atoms with Gasteiger partial charge in [0.25, 0.3) is 0 Å². The summed E-state index contributed by atoms with van der Waals surface area (Å²) in [5, 5.41) is 37.4. The molecule has 0 aromatic heterocycles. The Bertz CT molecular complexity index is 702. The van der Waals surface area contributed by atoms with E-state index in [2.05, 4.69) is 10.2 Å². The van der Waals surface area contributed by atoms with Gasteiger partial charge in [-0.15, -0.1) is 0 Å². The molecular weight excluding hydrogens is 451 g/mol. The van der Waals surface area contributed by atoms with Gasteiger partial charge in [-0.05, 0) is 55.6 Å². The van der Waals surface area contributed by atoms with Crippen molar-refractivity contribution in [1.82, 2.24) is 10.2 Å². The number of aliphatic hydroxyl groups excluding tert-OH is 2. The molecular formula is C20H28Cl2N2O7. The number of ether oxygens (including phenoxy) is 1. The zero-order valence-electron chi connectivity index (χ0n) is 16.9. The van der Waals surface area contributed by atoms with Gasteiger partial charge in [-0.2, -0.15) is 0 Å². The fourth-order valence-corrected chi connectivity index (χ4v) is 4.13. The van der Waals surface area contributed by atoms with E-state index in [1.165, 1.54) is 12.0 Å². The van der Waals surface area contributed by atoms with Crippen LogP contribution in [0.2, 0.25) is 10.0 Å². The topological polar surface area (TPSA) is 140 Å². The van der Waals surface area contributed by atoms with Crippen LogP contribution in [-0.4, -0.2) is 88.4 Å². The van der Waals surface area contributed by atoms with Crippen LogP contribution in [-0.2, 0) is 20.9 Å². The van der Waals surface area contributed by atoms with Gasteiger partial charge in [0.05, 0.1) is 6.61 Å². The maximum Gasteiger partial charge on any atom is 0.335 e. The van der Waals surface area contributed by atoms with Gasteiger partial charge in [-0.3, -0.25) is 4.90 Å². The summed E-state index contributed by atoms with van der Waals surface area (Å²) in [5.41, 5.74) is 1.19. The second-order valence-electron chi connectivity index (χ2n) is 7.65. The van der Waals surface area contributed by atoms with Crippen LogP contribution in [0.1, 0.15) is 18.4 Å². The fraction of sp³-hybridized carbons (Fsp3) is 0.600. The summed E-state index contributed by atoms with van der Waals surface area (Å²) in [6.07, 6.45) is -2.15. The first-order valence-corrected chi connectivity index (χ1v) is 10.7. The largest absolute Gasteiger partial charge is 0.479 e. The van der Waals surface area contributed by atoms with E-state index in [1.54, 1.807) is 6.07 Å². The van der Waals surface area contributed by atoms with Crippen molar-refractivity contribution in [2.45, 2.75) is 37.6 Å². The monoisotopic (exact) mass is 478 g/mol. The number of carboxylic acids is 2. The number of aliphatic hydroxyl groups is 2. The van der Waals surface area contributed by atoms with Crippen molar-refractivity contribution in [3.05, 3.63) is 33.8 Å². The number of halogens is 2. The molecule has 3 unspecified atom stereocenters. The van der Waals surface area contributed by atoms with Crippen molar-refractivity contribution in [1.29, 1.82) is 0 Å². The summed E-state index contributed by atoms with van der Waals surface area (Å²) in [5.74, 6) is -2.80. The first-order valence-electron chi connectivity index (χ1n) is 9.96. The Kier molecular flexibility index (Phi) is 10.4. The Morgan fingerprint density at radius 2 is 1.71 bits per heavy atom. The molecule has 2 aliphatic heterocycles. The van der Waals surface area contributed by atoms with Crippen molar-refractivity contribution < 1.29 is 34.8 Å². The van der Waals surface area contributed by atoms with Gasteiger partial charge in [0, 0.05) is 35.8 Å². The molecule has 3 rings (SSSR count). The summed E-state index contributed by atoms with van der Waals surface area (Å²) in [4.78, 5) is 22.1. The van der Waals surface area contributed by atoms with Gasteiger partial charge < -0.3 is 30.5 Å². The van der Waals surface area contributed by atoms with E-state index in [9.17, 15) is 9.59 Å². The highest BCUT2D eigenvalue weighted by molar-refractivity contribution is 6.34. The van der Waals surface area contributed by atoms with E-state index in [0.717, 1.165) is 51.7 Å². The lowest BCUT2D eigenvalue weighted by molar-refractivity contribution is -0.165. The molecule has 0 spiro atoms. The first kappa shape index (κ1) is 25.8. The number of hydrogen-bond acceptors (Lipinski definition) is 7. The van der Waals surface area contributed by atoms with Crippen LogP contribution >= 0.6 is 23.2 Å². The lowest BCUT2D eigenvalue weighted by atomic mass is 10.1. The molecule has 0 bridgehead atoms. The van der Waals surface area contributed by atoms with Crippen molar-refractivity contribution in [3.8, 4) is 0 Å². The van der Waals surface area contributed by atoms with Gasteiger partial charge in [-0.1, -0.05) is 23.2 Å². The maximum absolute atomic E-state index is 9.77. The van der Waals surface area contributed by atoms with Gasteiger partial charge in [0.15, 0.2) is 12.2 Å². The summed E-state index contributed by atoms with van der Waals surface area (Å²) < 4.78 is 5.58. The Labute approximate surface area is 190 Å². The number of benzene rings is 1. The highest BCUT2D eigenvalue weighted by Gasteiger charge is 2.29. The van der Waals surface area contributed by atoms with Crippen molar-refractivity contribution in [2.24, 2.45) is 5.92 Å². The molecule has 4 atom stereocenters. The summed E-state index contributed by atoms with van der Waals surface area (Å²) in [7, 11) is 0. The summed E-state index contributed by atoms with van der Waals surface area (Å²) in [6.45, 7) is 5.99. The lowest BCUT2D eigenvalue weighted by Gasteiger charge is -2.30. The van der Waals surface area contributed by atoms with E-state index in [0.29, 0.717) is 16.1 Å². The normalized spacial score (nSPS) is 22.6. The molecule has 2 fully saturated rings. The van der Waals surface area contributed by atoms with Crippen LogP contribution in [0.15, 0.2) is 18.2 Å². The Morgan fingerprint density at radius 1 is 1.10 bits per heavy atom. The first-order chi connectivity index (χ1) is 14.7. The van der Waals surface area contributed by atoms with Crippen LogP contribution in [0, 0.1) is 5.92 Å². The number of nitrogens with one attached hydrogen (secondary N) is 1. The van der Waals surface area contributed by atoms with Crippen LogP contribution in [0.4, 0.5) is 0 Å². The molecule has 174 valence electrons. The smallest absolute Gasteiger partial charge is 0.335 e. The molecule has 2 aliphatic rings. The van der Waals surface area contributed by atoms with Crippen LogP contribution in [0.3, 0.4) is 0 Å². The predicted octanol–water partition coefficient (Wildman–Crippen LogP) is 1.07. The fourth-order valence-electron chi connectivity index (χ4n) is 3.56. The molecule has 2 saturated heterocycles. The zero-order valence-corrected chi connectivity index (χ0v) is 18.4. The number of rotatable bonds is 8. The number of hydrogen-bond donors (Lipinski definition) is 5. The minimum atomic E-state index is -2.27. The third kappa shape index (κ3) is 8.53. The summed E-state index contributed by atoms with van der Waals surface area (Å²) >= 11 is 12.3. The second-order valence-corrected chi connectivity index (χ2v) is 8.52. The van der Waals surface area contributed by atoms with Crippen LogP contribution in [0.25, 0.3) is 0 Å². The van der Waals surface area contributed by atoms with E-state index >= 15 is 0 Å². The van der Waals surface area contributed by atoms with Crippen molar-refractivity contribution in [2.75, 3.05) is 32.8 Å². The summed E-state index contributed by atoms with van der Waals surface area (Å²) in [6, 6.07) is 6.34. The van der Waals surface area contributed by atoms with Gasteiger partial charge in [0.1, 0.15) is 0 Å². The Hall–Kier alpha value is -1.46. The van der Waals surface area contributed by atoms with Crippen molar-refractivity contribution in [3.63, 3.8) is 0 Å². The third-order valence-corrected chi connectivity index (χ3v) is 5.63. The third-order valence-electron chi connectivity index (χ3n) is 5.19. The molecule has 0 saturated carbocycles. The SMILES string of the molecule is Clc1cc(Cl)cc(CN(C[C@@H]2CCNC2)C2CCOC2)c1.O=C(O)C(O)C(O)C(=O)O. The molecule has 9 nitrogen and oxygen atoms in total. The second kappa shape index (κ2) is 12.5. The van der Waals surface area contributed by atoms with Gasteiger partial charge in [0.2, 0.25) is 0 Å². The number of nitrogens with zero attached hydrogens (tertiary/aromatic N) is 1. The van der Waals surface area contributed by atoms with Crippen LogP contribution in [0.5, 0.6) is 0 Å². The van der Waals surface area contributed by atoms with E-state index in [4.69, 9.17) is 48.4 Å². The van der Waals surface area contributed by atoms with E-state index in [1.807, 2.05) is 12.1 Å². The standard InChI is InChI=1S/C16H22Cl2N2O.C4H6O6/c17-14-5-13(6-15(18)7-14)10-20(16-2-4-21-11-16)9-12-1-3-19-8-12;5-1(3(7)8)2(6)4(9)10/h5-7,12,16,19H,1-4,8-11H2;1-2,5-6H,(H,7,8)(H,9,10)/t12-,16?;/m1./s1. The van der Waals surface area contributed by atoms with Crippen molar-refractivity contribution >= 4 is 35.1 Å². The average Bonchev–Trinajstić information content (AvgIpc) is 3.40. The highest BCUT2D eigenvalue weighted by Crippen LogP contribution is 2.24. The zero-order chi connectivity index (χ0) is 23.0. The molecule has 11 heteroatoms. The molecule has 0 amide bonds. The number of aliphatic carboxylic acids is 2. The Morgan fingerprint density at radius 3 is 2.16 bits per heavy atom. The van der Waals surface area contributed by atoms with Crippen LogP contribution < -0.4 is 5.32 Å². The molecule has 5 N–H and O–H groups in total. The molecule has 0 radical (unpaired) electrons. The minimum absolute atomic E-state index is 0.517. The predicted molar refractivity (Wildman–Crippen MR) is 114 cm³/mol. The van der Waals surface area contributed by atoms with E-state index < -0.39 is 24.1 Å². The maximum atomic E-state index is 9.77. The van der Waals surface area contributed by atoms with Gasteiger partial charge >= 0.3 is 11.9 Å². The number of carboxylic acid groups (broad SMARTS) is 2. The van der Waals surface area contributed by atoms with E-state index in [-0.39, 0.29) is 0 Å². The average molecular weight is 479 g/mol. The molecule has 0 aliphatic carbocycles. The number of carbonyl (C=O) groups is 2. The minimum Gasteiger partial charge on any atom is -0.479 e. The molecule has 2 heterocycles. The molecule has 31 heavy (non-hydrogen) atoms. The molecule has 1 aromatic rings. The lowest BCUT2D eigenvalue weighted by Crippen LogP contribution is -2.39. The Balaban J connectivity index is 0.000000291.